The molecule has 15 heavy (non-hydrogen) atoms. The molecule has 1 atom stereocenters. The van der Waals surface area contributed by atoms with Crippen LogP contribution in [-0.2, 0) is 0 Å². The van der Waals surface area contributed by atoms with Gasteiger partial charge in [-0.3, -0.25) is 0 Å². The molecule has 0 bridgehead atoms. The molecule has 0 aliphatic heterocycles. The van der Waals surface area contributed by atoms with Crippen LogP contribution in [0.5, 0.6) is 5.75 Å². The Hall–Kier alpha value is -0.770. The molecule has 0 saturated carbocycles. The van der Waals surface area contributed by atoms with E-state index in [2.05, 4.69) is 5.32 Å². The lowest BCUT2D eigenvalue weighted by molar-refractivity contribution is 0.167. The monoisotopic (exact) mass is 229 g/mol. The van der Waals surface area contributed by atoms with Crippen molar-refractivity contribution in [2.45, 2.75) is 12.5 Å². The van der Waals surface area contributed by atoms with E-state index in [-0.39, 0.29) is 0 Å². The molecule has 0 heterocycles. The second-order valence-corrected chi connectivity index (χ2v) is 3.71. The fourth-order valence-electron chi connectivity index (χ4n) is 1.34. The number of benzene rings is 1. The van der Waals surface area contributed by atoms with Crippen LogP contribution in [0, 0.1) is 0 Å². The van der Waals surface area contributed by atoms with Crippen molar-refractivity contribution in [2.75, 3.05) is 20.7 Å². The molecule has 0 saturated heterocycles. The predicted molar refractivity (Wildman–Crippen MR) is 61.5 cm³/mol. The zero-order chi connectivity index (χ0) is 11.3. The molecule has 1 aromatic carbocycles. The molecule has 0 fully saturated rings. The number of rotatable bonds is 5. The van der Waals surface area contributed by atoms with Crippen molar-refractivity contribution in [1.29, 1.82) is 0 Å². The lowest BCUT2D eigenvalue weighted by atomic mass is 10.1. The van der Waals surface area contributed by atoms with E-state index in [9.17, 15) is 5.11 Å². The first-order valence-electron chi connectivity index (χ1n) is 4.85. The lowest BCUT2D eigenvalue weighted by Gasteiger charge is -2.12. The molecule has 1 aromatic rings. The minimum Gasteiger partial charge on any atom is -0.495 e. The highest BCUT2D eigenvalue weighted by molar-refractivity contribution is 6.32. The van der Waals surface area contributed by atoms with Gasteiger partial charge in [0.05, 0.1) is 18.2 Å². The van der Waals surface area contributed by atoms with Crippen molar-refractivity contribution in [2.24, 2.45) is 0 Å². The molecular weight excluding hydrogens is 214 g/mol. The van der Waals surface area contributed by atoms with Gasteiger partial charge in [0.15, 0.2) is 0 Å². The minimum atomic E-state index is -0.485. The summed E-state index contributed by atoms with van der Waals surface area (Å²) in [6.45, 7) is 0.769. The summed E-state index contributed by atoms with van der Waals surface area (Å²) in [6.07, 6.45) is 0.181. The standard InChI is InChI=1S/C11H16ClNO2/c1-13-6-5-10(14)8-3-4-11(15-2)9(12)7-8/h3-4,7,10,13-14H,5-6H2,1-2H3. The van der Waals surface area contributed by atoms with Gasteiger partial charge in [0, 0.05) is 0 Å². The summed E-state index contributed by atoms with van der Waals surface area (Å²) >= 11 is 5.96. The fourth-order valence-corrected chi connectivity index (χ4v) is 1.60. The van der Waals surface area contributed by atoms with Gasteiger partial charge in [-0.1, -0.05) is 17.7 Å². The number of aliphatic hydroxyl groups excluding tert-OH is 1. The molecular formula is C11H16ClNO2. The van der Waals surface area contributed by atoms with E-state index in [4.69, 9.17) is 16.3 Å². The molecule has 1 rings (SSSR count). The Balaban J connectivity index is 2.73. The Morgan fingerprint density at radius 1 is 1.53 bits per heavy atom. The number of hydrogen-bond donors (Lipinski definition) is 2. The Morgan fingerprint density at radius 3 is 2.80 bits per heavy atom. The summed E-state index contributed by atoms with van der Waals surface area (Å²) in [7, 11) is 3.42. The third kappa shape index (κ3) is 3.38. The van der Waals surface area contributed by atoms with Gasteiger partial charge in [-0.25, -0.2) is 0 Å². The third-order valence-electron chi connectivity index (χ3n) is 2.23. The summed E-state index contributed by atoms with van der Waals surface area (Å²) in [6, 6.07) is 5.33. The highest BCUT2D eigenvalue weighted by atomic mass is 35.5. The Morgan fingerprint density at radius 2 is 2.27 bits per heavy atom. The van der Waals surface area contributed by atoms with Gasteiger partial charge in [0.25, 0.3) is 0 Å². The van der Waals surface area contributed by atoms with Gasteiger partial charge in [-0.15, -0.1) is 0 Å². The second kappa shape index (κ2) is 5.95. The summed E-state index contributed by atoms with van der Waals surface area (Å²) in [4.78, 5) is 0. The third-order valence-corrected chi connectivity index (χ3v) is 2.52. The maximum absolute atomic E-state index is 9.80. The van der Waals surface area contributed by atoms with Crippen LogP contribution in [0.25, 0.3) is 0 Å². The van der Waals surface area contributed by atoms with Gasteiger partial charge >= 0.3 is 0 Å². The average Bonchev–Trinajstić information content (AvgIpc) is 2.25. The number of hydrogen-bond acceptors (Lipinski definition) is 3. The van der Waals surface area contributed by atoms with Crippen LogP contribution in [0.1, 0.15) is 18.1 Å². The first-order valence-corrected chi connectivity index (χ1v) is 5.23. The Kier molecular flexibility index (Phi) is 4.88. The smallest absolute Gasteiger partial charge is 0.137 e. The van der Waals surface area contributed by atoms with Crippen LogP contribution in [0.15, 0.2) is 18.2 Å². The van der Waals surface area contributed by atoms with Crippen LogP contribution in [-0.4, -0.2) is 25.8 Å². The van der Waals surface area contributed by atoms with Gasteiger partial charge in [0.2, 0.25) is 0 Å². The van der Waals surface area contributed by atoms with E-state index in [0.717, 1.165) is 12.1 Å². The molecule has 4 heteroatoms. The highest BCUT2D eigenvalue weighted by Gasteiger charge is 2.09. The van der Waals surface area contributed by atoms with E-state index in [1.54, 1.807) is 19.2 Å². The summed E-state index contributed by atoms with van der Waals surface area (Å²) in [5, 5.41) is 13.3. The van der Waals surface area contributed by atoms with Gasteiger partial charge in [0.1, 0.15) is 5.75 Å². The summed E-state index contributed by atoms with van der Waals surface area (Å²) in [5.74, 6) is 0.626. The number of methoxy groups -OCH3 is 1. The van der Waals surface area contributed by atoms with Crippen LogP contribution < -0.4 is 10.1 Å². The van der Waals surface area contributed by atoms with Gasteiger partial charge in [-0.2, -0.15) is 0 Å². The molecule has 0 spiro atoms. The normalized spacial score (nSPS) is 12.5. The Labute approximate surface area is 95.0 Å². The van der Waals surface area contributed by atoms with E-state index < -0.39 is 6.10 Å². The second-order valence-electron chi connectivity index (χ2n) is 3.30. The quantitative estimate of drug-likeness (QED) is 0.812. The van der Waals surface area contributed by atoms with Crippen molar-refractivity contribution in [1.82, 2.24) is 5.32 Å². The Bertz CT molecular complexity index is 317. The van der Waals surface area contributed by atoms with Crippen molar-refractivity contribution >= 4 is 11.6 Å². The average molecular weight is 230 g/mol. The zero-order valence-corrected chi connectivity index (χ0v) is 9.71. The molecule has 0 aliphatic carbocycles. The van der Waals surface area contributed by atoms with Crippen molar-refractivity contribution < 1.29 is 9.84 Å². The largest absolute Gasteiger partial charge is 0.495 e. The molecule has 1 unspecified atom stereocenters. The molecule has 0 amide bonds. The summed E-state index contributed by atoms with van der Waals surface area (Å²) in [5.41, 5.74) is 0.816. The molecule has 0 radical (unpaired) electrons. The first kappa shape index (κ1) is 12.3. The number of nitrogens with one attached hydrogen (secondary N) is 1. The number of ether oxygens (including phenoxy) is 1. The van der Waals surface area contributed by atoms with Crippen LogP contribution in [0.3, 0.4) is 0 Å². The van der Waals surface area contributed by atoms with E-state index in [0.29, 0.717) is 17.2 Å². The van der Waals surface area contributed by atoms with E-state index in [1.165, 1.54) is 0 Å². The highest BCUT2D eigenvalue weighted by Crippen LogP contribution is 2.28. The maximum atomic E-state index is 9.80. The van der Waals surface area contributed by atoms with Crippen molar-refractivity contribution in [3.63, 3.8) is 0 Å². The summed E-state index contributed by atoms with van der Waals surface area (Å²) < 4.78 is 5.03. The van der Waals surface area contributed by atoms with Crippen molar-refractivity contribution in [3.05, 3.63) is 28.8 Å². The molecule has 0 aromatic heterocycles. The van der Waals surface area contributed by atoms with Crippen LogP contribution in [0.2, 0.25) is 5.02 Å². The maximum Gasteiger partial charge on any atom is 0.137 e. The minimum absolute atomic E-state index is 0.485. The number of aliphatic hydroxyl groups is 1. The molecule has 0 aliphatic rings. The predicted octanol–water partition coefficient (Wildman–Crippen LogP) is 1.99. The van der Waals surface area contributed by atoms with Crippen molar-refractivity contribution in [3.8, 4) is 5.75 Å². The van der Waals surface area contributed by atoms with E-state index in [1.807, 2.05) is 13.1 Å². The molecule has 84 valence electrons. The van der Waals surface area contributed by atoms with Crippen LogP contribution >= 0.6 is 11.6 Å². The van der Waals surface area contributed by atoms with E-state index >= 15 is 0 Å². The first-order chi connectivity index (χ1) is 7.19. The SMILES string of the molecule is CNCCC(O)c1ccc(OC)c(Cl)c1. The van der Waals surface area contributed by atoms with Gasteiger partial charge < -0.3 is 15.2 Å². The zero-order valence-electron chi connectivity index (χ0n) is 8.96. The topological polar surface area (TPSA) is 41.5 Å². The fraction of sp³-hybridized carbons (Fsp3) is 0.455. The molecule has 3 nitrogen and oxygen atoms in total. The number of halogens is 1. The molecule has 2 N–H and O–H groups in total. The van der Waals surface area contributed by atoms with Crippen LogP contribution in [0.4, 0.5) is 0 Å². The van der Waals surface area contributed by atoms with Gasteiger partial charge in [-0.05, 0) is 37.7 Å². The lowest BCUT2D eigenvalue weighted by Crippen LogP contribution is -2.11.